The smallest absolute Gasteiger partial charge is 0.378 e. The number of ether oxygens (including phenoxy) is 1. The molecule has 3 aromatic rings. The molecule has 160 valence electrons. The number of hydrogen-bond donors (Lipinski definition) is 0. The van der Waals surface area contributed by atoms with Crippen LogP contribution in [-0.2, 0) is 9.53 Å². The molecule has 0 spiro atoms. The lowest BCUT2D eigenvalue weighted by Crippen LogP contribution is -2.36. The van der Waals surface area contributed by atoms with Crippen molar-refractivity contribution >= 4 is 11.9 Å². The van der Waals surface area contributed by atoms with Crippen molar-refractivity contribution in [1.82, 2.24) is 19.7 Å². The van der Waals surface area contributed by atoms with Crippen molar-refractivity contribution in [3.63, 3.8) is 0 Å². The molecule has 0 radical (unpaired) electrons. The first-order valence-electron chi connectivity index (χ1n) is 10.7. The maximum atomic E-state index is 12.7. The minimum absolute atomic E-state index is 0.0697. The Morgan fingerprint density at radius 2 is 1.74 bits per heavy atom. The minimum Gasteiger partial charge on any atom is -0.450 e. The van der Waals surface area contributed by atoms with Gasteiger partial charge in [0.2, 0.25) is 0 Å². The summed E-state index contributed by atoms with van der Waals surface area (Å²) in [5.41, 5.74) is 1.61. The van der Waals surface area contributed by atoms with Gasteiger partial charge in [-0.3, -0.25) is 4.79 Å². The van der Waals surface area contributed by atoms with Crippen molar-refractivity contribution in [1.29, 1.82) is 0 Å². The Hall–Kier alpha value is -3.48. The molecule has 0 unspecified atom stereocenters. The van der Waals surface area contributed by atoms with Gasteiger partial charge in [-0.05, 0) is 37.3 Å². The van der Waals surface area contributed by atoms with Crippen LogP contribution in [0.25, 0.3) is 17.1 Å². The third kappa shape index (κ3) is 5.17. The molecule has 2 aromatic carbocycles. The SMILES string of the molecule is CCCN(CC1CC1)C(=O)COC(=O)c1nc(-c2ccccc2)n(-c2ccccc2)n1. The van der Waals surface area contributed by atoms with Crippen molar-refractivity contribution in [3.8, 4) is 17.1 Å². The molecule has 1 aromatic heterocycles. The van der Waals surface area contributed by atoms with Gasteiger partial charge in [0.05, 0.1) is 5.69 Å². The lowest BCUT2D eigenvalue weighted by molar-refractivity contribution is -0.134. The average Bonchev–Trinajstić information content (AvgIpc) is 3.52. The van der Waals surface area contributed by atoms with Crippen molar-refractivity contribution in [2.45, 2.75) is 26.2 Å². The maximum absolute atomic E-state index is 12.7. The predicted molar refractivity (Wildman–Crippen MR) is 117 cm³/mol. The number of esters is 1. The van der Waals surface area contributed by atoms with Gasteiger partial charge in [-0.25, -0.2) is 14.5 Å². The van der Waals surface area contributed by atoms with Gasteiger partial charge in [0.15, 0.2) is 12.4 Å². The van der Waals surface area contributed by atoms with E-state index in [2.05, 4.69) is 10.1 Å². The van der Waals surface area contributed by atoms with Crippen LogP contribution >= 0.6 is 0 Å². The van der Waals surface area contributed by atoms with E-state index < -0.39 is 5.97 Å². The zero-order chi connectivity index (χ0) is 21.6. The summed E-state index contributed by atoms with van der Waals surface area (Å²) < 4.78 is 6.91. The van der Waals surface area contributed by atoms with E-state index in [1.807, 2.05) is 67.6 Å². The molecule has 1 aliphatic rings. The molecule has 4 rings (SSSR count). The maximum Gasteiger partial charge on any atom is 0.378 e. The molecule has 0 aliphatic heterocycles. The molecular formula is C24H26N4O3. The van der Waals surface area contributed by atoms with Crippen molar-refractivity contribution in [2.75, 3.05) is 19.7 Å². The Morgan fingerprint density at radius 3 is 2.39 bits per heavy atom. The van der Waals surface area contributed by atoms with Gasteiger partial charge in [-0.2, -0.15) is 0 Å². The monoisotopic (exact) mass is 418 g/mol. The van der Waals surface area contributed by atoms with E-state index >= 15 is 0 Å². The van der Waals surface area contributed by atoms with Crippen LogP contribution in [0.5, 0.6) is 0 Å². The van der Waals surface area contributed by atoms with Crippen LogP contribution < -0.4 is 0 Å². The lowest BCUT2D eigenvalue weighted by Gasteiger charge is -2.21. The van der Waals surface area contributed by atoms with Gasteiger partial charge >= 0.3 is 5.97 Å². The summed E-state index contributed by atoms with van der Waals surface area (Å²) in [6.45, 7) is 3.14. The zero-order valence-corrected chi connectivity index (χ0v) is 17.6. The summed E-state index contributed by atoms with van der Waals surface area (Å²) in [7, 11) is 0. The summed E-state index contributed by atoms with van der Waals surface area (Å²) in [6.07, 6.45) is 3.20. The normalized spacial score (nSPS) is 13.1. The van der Waals surface area contributed by atoms with E-state index in [0.717, 1.165) is 37.1 Å². The highest BCUT2D eigenvalue weighted by atomic mass is 16.5. The molecule has 7 heteroatoms. The molecule has 31 heavy (non-hydrogen) atoms. The topological polar surface area (TPSA) is 77.3 Å². The highest BCUT2D eigenvalue weighted by molar-refractivity contribution is 5.88. The van der Waals surface area contributed by atoms with Crippen LogP contribution in [-0.4, -0.2) is 51.2 Å². The van der Waals surface area contributed by atoms with E-state index in [-0.39, 0.29) is 18.3 Å². The summed E-state index contributed by atoms with van der Waals surface area (Å²) in [6, 6.07) is 19.0. The van der Waals surface area contributed by atoms with E-state index in [1.165, 1.54) is 0 Å². The fourth-order valence-electron chi connectivity index (χ4n) is 3.40. The van der Waals surface area contributed by atoms with E-state index in [9.17, 15) is 9.59 Å². The Kier molecular flexibility index (Phi) is 6.40. The first-order valence-corrected chi connectivity index (χ1v) is 10.7. The third-order valence-electron chi connectivity index (χ3n) is 5.17. The van der Waals surface area contributed by atoms with Crippen LogP contribution in [0.15, 0.2) is 60.7 Å². The number of rotatable bonds is 9. The fraction of sp³-hybridized carbons (Fsp3) is 0.333. The number of aromatic nitrogens is 3. The number of carbonyl (C=O) groups is 2. The van der Waals surface area contributed by atoms with Crippen LogP contribution in [0.4, 0.5) is 0 Å². The molecule has 1 aliphatic carbocycles. The van der Waals surface area contributed by atoms with Crippen LogP contribution in [0, 0.1) is 5.92 Å². The number of amides is 1. The molecule has 1 fully saturated rings. The van der Waals surface area contributed by atoms with Gasteiger partial charge in [-0.15, -0.1) is 5.10 Å². The molecule has 1 saturated carbocycles. The quantitative estimate of drug-likeness (QED) is 0.495. The van der Waals surface area contributed by atoms with Gasteiger partial charge in [-0.1, -0.05) is 55.5 Å². The zero-order valence-electron chi connectivity index (χ0n) is 17.6. The second-order valence-corrected chi connectivity index (χ2v) is 7.73. The van der Waals surface area contributed by atoms with Gasteiger partial charge in [0.1, 0.15) is 0 Å². The minimum atomic E-state index is -0.705. The largest absolute Gasteiger partial charge is 0.450 e. The molecular weight excluding hydrogens is 392 g/mol. The number of para-hydroxylation sites is 1. The molecule has 7 nitrogen and oxygen atoms in total. The van der Waals surface area contributed by atoms with E-state index in [1.54, 1.807) is 9.58 Å². The third-order valence-corrected chi connectivity index (χ3v) is 5.17. The predicted octanol–water partition coefficient (Wildman–Crippen LogP) is 3.74. The van der Waals surface area contributed by atoms with Gasteiger partial charge in [0, 0.05) is 18.7 Å². The number of carbonyl (C=O) groups excluding carboxylic acids is 2. The first-order chi connectivity index (χ1) is 15.2. The summed E-state index contributed by atoms with van der Waals surface area (Å²) in [4.78, 5) is 31.4. The molecule has 0 bridgehead atoms. The molecule has 0 N–H and O–H groups in total. The van der Waals surface area contributed by atoms with Crippen LogP contribution in [0.1, 0.15) is 36.8 Å². The van der Waals surface area contributed by atoms with Crippen LogP contribution in [0.3, 0.4) is 0 Å². The molecule has 0 saturated heterocycles. The van der Waals surface area contributed by atoms with Crippen molar-refractivity contribution in [3.05, 3.63) is 66.5 Å². The number of benzene rings is 2. The van der Waals surface area contributed by atoms with Crippen molar-refractivity contribution in [2.24, 2.45) is 5.92 Å². The van der Waals surface area contributed by atoms with Gasteiger partial charge < -0.3 is 9.64 Å². The standard InChI is InChI=1S/C24H26N4O3/c1-2-15-27(16-18-13-14-18)21(29)17-31-24(30)22-25-23(19-9-5-3-6-10-19)28(26-22)20-11-7-4-8-12-20/h3-12,18H,2,13-17H2,1H3. The highest BCUT2D eigenvalue weighted by Gasteiger charge is 2.27. The van der Waals surface area contributed by atoms with Crippen molar-refractivity contribution < 1.29 is 14.3 Å². The lowest BCUT2D eigenvalue weighted by atomic mass is 10.2. The first kappa shape index (κ1) is 20.8. The second-order valence-electron chi connectivity index (χ2n) is 7.73. The second kappa shape index (κ2) is 9.55. The highest BCUT2D eigenvalue weighted by Crippen LogP contribution is 2.29. The average molecular weight is 418 g/mol. The number of hydrogen-bond acceptors (Lipinski definition) is 5. The Morgan fingerprint density at radius 1 is 1.06 bits per heavy atom. The molecule has 0 atom stereocenters. The summed E-state index contributed by atoms with van der Waals surface area (Å²) >= 11 is 0. The fourth-order valence-corrected chi connectivity index (χ4v) is 3.40. The molecule has 1 heterocycles. The molecule has 1 amide bonds. The summed E-state index contributed by atoms with van der Waals surface area (Å²) in [5, 5.41) is 4.38. The Labute approximate surface area is 181 Å². The Balaban J connectivity index is 1.51. The van der Waals surface area contributed by atoms with E-state index in [0.29, 0.717) is 18.3 Å². The van der Waals surface area contributed by atoms with E-state index in [4.69, 9.17) is 4.74 Å². The Bertz CT molecular complexity index is 972. The number of nitrogens with zero attached hydrogens (tertiary/aromatic N) is 4. The van der Waals surface area contributed by atoms with Gasteiger partial charge in [0.25, 0.3) is 11.7 Å². The summed E-state index contributed by atoms with van der Waals surface area (Å²) in [5.74, 6) is 0.171. The van der Waals surface area contributed by atoms with Crippen LogP contribution in [0.2, 0.25) is 0 Å².